The highest BCUT2D eigenvalue weighted by molar-refractivity contribution is 5.95. The zero-order valence-corrected chi connectivity index (χ0v) is 49.3. The van der Waals surface area contributed by atoms with Crippen molar-refractivity contribution >= 4 is 74.4 Å². The first-order valence-electron chi connectivity index (χ1n) is 29.9. The van der Waals surface area contributed by atoms with E-state index in [2.05, 4.69) is 122 Å². The molecule has 5 N–H and O–H groups in total. The highest BCUT2D eigenvalue weighted by Gasteiger charge is 2.18. The Morgan fingerprint density at radius 1 is 0.444 bits per heavy atom. The lowest BCUT2D eigenvalue weighted by molar-refractivity contribution is 0.0944. The van der Waals surface area contributed by atoms with Gasteiger partial charge in [0, 0.05) is 183 Å². The SMILES string of the molecule is O=C(NCCO)c1cccc(-c2cn3ccnc3c(Nc3ccc(N4CCOCC4)cc3)n2)c1.c1cc(-c2cn3ccnc3c(Nc3ccc(N4CCOCC4)cc3)n2)ccn1.c1cncc(-c2cn3ccnc3c(Nc3ccc(N4CCOCC4)cc3)n2)c1. The smallest absolute Gasteiger partial charge is 0.251 e. The van der Waals surface area contributed by atoms with Crippen LogP contribution >= 0.6 is 0 Å². The summed E-state index contributed by atoms with van der Waals surface area (Å²) in [6.07, 6.45) is 23.9. The summed E-state index contributed by atoms with van der Waals surface area (Å²) in [5.41, 5.74) is 14.4. The van der Waals surface area contributed by atoms with E-state index in [0.717, 1.165) is 147 Å². The molecule has 0 saturated carbocycles. The van der Waals surface area contributed by atoms with Crippen LogP contribution in [0.4, 0.5) is 51.6 Å². The van der Waals surface area contributed by atoms with Crippen molar-refractivity contribution in [3.05, 3.63) is 207 Å². The lowest BCUT2D eigenvalue weighted by Crippen LogP contribution is -2.36. The maximum atomic E-state index is 12.3. The van der Waals surface area contributed by atoms with Gasteiger partial charge in [-0.25, -0.2) is 29.9 Å². The fraction of sp³-hybridized carbons (Fsp3) is 0.209. The minimum absolute atomic E-state index is 0.104. The van der Waals surface area contributed by atoms with Crippen LogP contribution in [0.2, 0.25) is 0 Å². The lowest BCUT2D eigenvalue weighted by atomic mass is 10.1. The monoisotopic (exact) mass is 1200 g/mol. The molecule has 4 aromatic carbocycles. The number of hydrogen-bond acceptors (Lipinski definition) is 19. The van der Waals surface area contributed by atoms with Gasteiger partial charge in [-0.05, 0) is 109 Å². The molecular weight excluding hydrogens is 1140 g/mol. The first-order valence-corrected chi connectivity index (χ1v) is 29.9. The summed E-state index contributed by atoms with van der Waals surface area (Å²) in [5, 5.41) is 21.9. The van der Waals surface area contributed by atoms with Gasteiger partial charge in [-0.1, -0.05) is 12.1 Å². The number of carbonyl (C=O) groups excluding carboxylic acids is 1. The first-order chi connectivity index (χ1) is 44.4. The van der Waals surface area contributed by atoms with E-state index in [1.807, 2.05) is 105 Å². The van der Waals surface area contributed by atoms with Crippen molar-refractivity contribution < 1.29 is 24.1 Å². The largest absolute Gasteiger partial charge is 0.395 e. The van der Waals surface area contributed by atoms with Crippen LogP contribution in [0.5, 0.6) is 0 Å². The third-order valence-corrected chi connectivity index (χ3v) is 15.4. The van der Waals surface area contributed by atoms with Crippen molar-refractivity contribution in [3.8, 4) is 33.8 Å². The summed E-state index contributed by atoms with van der Waals surface area (Å²) < 4.78 is 22.2. The Morgan fingerprint density at radius 3 is 1.27 bits per heavy atom. The summed E-state index contributed by atoms with van der Waals surface area (Å²) in [7, 11) is 0. The average Bonchev–Trinajstić information content (AvgIpc) is 2.35. The molecule has 0 spiro atoms. The number of aliphatic hydroxyl groups is 1. The molecule has 3 aliphatic heterocycles. The average molecular weight is 1200 g/mol. The molecule has 3 saturated heterocycles. The van der Waals surface area contributed by atoms with Crippen LogP contribution in [0.3, 0.4) is 0 Å². The molecule has 11 heterocycles. The normalized spacial score (nSPS) is 14.1. The summed E-state index contributed by atoms with van der Waals surface area (Å²) >= 11 is 0. The van der Waals surface area contributed by atoms with Gasteiger partial charge >= 0.3 is 0 Å². The van der Waals surface area contributed by atoms with E-state index in [-0.39, 0.29) is 19.1 Å². The van der Waals surface area contributed by atoms with Gasteiger partial charge in [0.25, 0.3) is 5.91 Å². The van der Waals surface area contributed by atoms with E-state index < -0.39 is 0 Å². The van der Waals surface area contributed by atoms with Gasteiger partial charge in [0.2, 0.25) is 0 Å². The highest BCUT2D eigenvalue weighted by atomic mass is 16.5. The molecular formula is C67H66N18O5. The molecule has 0 unspecified atom stereocenters. The summed E-state index contributed by atoms with van der Waals surface area (Å²) in [5.74, 6) is 1.82. The molecule has 12 aromatic rings. The van der Waals surface area contributed by atoms with Gasteiger partial charge in [0.05, 0.1) is 63.3 Å². The first kappa shape index (κ1) is 58.2. The van der Waals surface area contributed by atoms with E-state index >= 15 is 0 Å². The molecule has 23 heteroatoms. The van der Waals surface area contributed by atoms with Crippen molar-refractivity contribution in [1.29, 1.82) is 0 Å². The second-order valence-corrected chi connectivity index (χ2v) is 21.3. The molecule has 8 aromatic heterocycles. The van der Waals surface area contributed by atoms with Crippen LogP contribution in [0.25, 0.3) is 50.7 Å². The maximum absolute atomic E-state index is 12.3. The number of carbonyl (C=O) groups is 1. The molecule has 0 bridgehead atoms. The molecule has 0 aliphatic carbocycles. The van der Waals surface area contributed by atoms with Crippen LogP contribution in [0.15, 0.2) is 202 Å². The number of fused-ring (bicyclic) bond motifs is 3. The summed E-state index contributed by atoms with van der Waals surface area (Å²) in [4.78, 5) is 55.3. The molecule has 15 rings (SSSR count). The van der Waals surface area contributed by atoms with Crippen LogP contribution in [-0.4, -0.2) is 156 Å². The standard InChI is InChI=1S/C25H26N6O3.2C21H20N6O/c32-13-9-27-25(33)19-3-1-2-18(16-19)22-17-31-10-8-26-24(31)23(29-22)28-20-4-6-21(7-5-20)30-11-14-34-15-12-30;1-3-18(26-11-13-28-14-12-26)4-2-17(1)24-20-21-23-9-10-27(21)15-19(25-20)16-5-7-22-8-6-16;1-2-16(14-22-7-1)19-15-27-9-8-23-21(27)20(25-19)24-17-3-5-18(6-4-17)26-10-12-28-13-11-26/h1-8,10,16-17,32H,9,11-15H2,(H,27,33)(H,28,29);1-10,15H,11-14H2,(H,24,25);1-9,14-15H,10-13H2,(H,24,25). The number of aliphatic hydroxyl groups excluding tert-OH is 1. The fourth-order valence-corrected chi connectivity index (χ4v) is 10.7. The van der Waals surface area contributed by atoms with Gasteiger partial charge in [0.1, 0.15) is 0 Å². The van der Waals surface area contributed by atoms with E-state index in [1.54, 1.807) is 49.3 Å². The molecule has 23 nitrogen and oxygen atoms in total. The Bertz CT molecular complexity index is 4130. The van der Waals surface area contributed by atoms with Crippen molar-refractivity contribution in [3.63, 3.8) is 0 Å². The van der Waals surface area contributed by atoms with Crippen molar-refractivity contribution in [1.82, 2.24) is 58.4 Å². The molecule has 0 radical (unpaired) electrons. The zero-order chi connectivity index (χ0) is 60.9. The van der Waals surface area contributed by atoms with Gasteiger partial charge in [-0.3, -0.25) is 14.8 Å². The number of amides is 1. The Labute approximate surface area is 518 Å². The van der Waals surface area contributed by atoms with E-state index in [0.29, 0.717) is 28.5 Å². The summed E-state index contributed by atoms with van der Waals surface area (Å²) in [6, 6.07) is 40.1. The Morgan fingerprint density at radius 2 is 0.856 bits per heavy atom. The third-order valence-electron chi connectivity index (χ3n) is 15.4. The second kappa shape index (κ2) is 27.9. The number of rotatable bonds is 15. The van der Waals surface area contributed by atoms with Crippen LogP contribution < -0.4 is 36.0 Å². The van der Waals surface area contributed by atoms with Crippen molar-refractivity contribution in [2.24, 2.45) is 0 Å². The van der Waals surface area contributed by atoms with Gasteiger partial charge in [0.15, 0.2) is 34.4 Å². The Hall–Kier alpha value is -10.9. The van der Waals surface area contributed by atoms with Crippen LogP contribution in [0.1, 0.15) is 10.4 Å². The van der Waals surface area contributed by atoms with Gasteiger partial charge < -0.3 is 68.5 Å². The molecule has 0 atom stereocenters. The minimum Gasteiger partial charge on any atom is -0.395 e. The number of pyridine rings is 2. The summed E-state index contributed by atoms with van der Waals surface area (Å²) in [6.45, 7) is 10.2. The highest BCUT2D eigenvalue weighted by Crippen LogP contribution is 2.30. The predicted molar refractivity (Wildman–Crippen MR) is 349 cm³/mol. The van der Waals surface area contributed by atoms with E-state index in [4.69, 9.17) is 34.3 Å². The molecule has 3 fully saturated rings. The van der Waals surface area contributed by atoms with Gasteiger partial charge in [-0.2, -0.15) is 0 Å². The number of anilines is 9. The quantitative estimate of drug-likeness (QED) is 0.0642. The van der Waals surface area contributed by atoms with E-state index in [9.17, 15) is 4.79 Å². The van der Waals surface area contributed by atoms with Crippen LogP contribution in [0, 0.1) is 0 Å². The Balaban J connectivity index is 0.000000125. The van der Waals surface area contributed by atoms with E-state index in [1.165, 1.54) is 11.4 Å². The molecule has 90 heavy (non-hydrogen) atoms. The number of hydrogen-bond donors (Lipinski definition) is 5. The minimum atomic E-state index is -0.238. The van der Waals surface area contributed by atoms with Gasteiger partial charge in [-0.15, -0.1) is 0 Å². The number of imidazole rings is 3. The third kappa shape index (κ3) is 13.9. The molecule has 454 valence electrons. The topological polar surface area (TPSA) is 239 Å². The zero-order valence-electron chi connectivity index (χ0n) is 49.3. The Kier molecular flexibility index (Phi) is 18.0. The lowest BCUT2D eigenvalue weighted by Gasteiger charge is -2.28. The molecule has 3 aliphatic rings. The molecule has 1 amide bonds. The van der Waals surface area contributed by atoms with Crippen LogP contribution in [-0.2, 0) is 14.2 Å². The maximum Gasteiger partial charge on any atom is 0.251 e. The number of ether oxygens (including phenoxy) is 3. The predicted octanol–water partition coefficient (Wildman–Crippen LogP) is 9.44. The number of nitrogens with one attached hydrogen (secondary N) is 4. The number of morpholine rings is 3. The number of aromatic nitrogens is 11. The van der Waals surface area contributed by atoms with Crippen molar-refractivity contribution in [2.75, 3.05) is 123 Å². The fourth-order valence-electron chi connectivity index (χ4n) is 10.7. The van der Waals surface area contributed by atoms with Crippen molar-refractivity contribution in [2.45, 2.75) is 0 Å². The number of benzene rings is 4. The number of nitrogens with zero attached hydrogens (tertiary/aromatic N) is 14. The second-order valence-electron chi connectivity index (χ2n) is 21.3.